The normalized spacial score (nSPS) is 14.0. The third-order valence-corrected chi connectivity index (χ3v) is 3.04. The van der Waals surface area contributed by atoms with Gasteiger partial charge in [-0.3, -0.25) is 0 Å². The van der Waals surface area contributed by atoms with Crippen LogP contribution in [0.25, 0.3) is 0 Å². The van der Waals surface area contributed by atoms with E-state index in [1.54, 1.807) is 7.11 Å². The topological polar surface area (TPSA) is 50.7 Å². The number of methoxy groups -OCH3 is 1. The standard InChI is InChI=1S/C16H27NO3/c1-4-7-14-8-5-6-9-16(14)17-10-15(18)12-20-13(2)11-19-3/h5-6,8-9,13,15,17-18H,4,7,10-12H2,1-3H3. The molecule has 0 heterocycles. The molecule has 0 aromatic heterocycles. The molecule has 2 unspecified atom stereocenters. The SMILES string of the molecule is CCCc1ccccc1NCC(O)COC(C)COC. The number of anilines is 1. The smallest absolute Gasteiger partial charge is 0.0945 e. The average molecular weight is 281 g/mol. The maximum atomic E-state index is 9.92. The van der Waals surface area contributed by atoms with E-state index in [0.29, 0.717) is 19.8 Å². The first kappa shape index (κ1) is 17.0. The average Bonchev–Trinajstić information content (AvgIpc) is 2.45. The van der Waals surface area contributed by atoms with Crippen molar-refractivity contribution in [3.63, 3.8) is 0 Å². The van der Waals surface area contributed by atoms with E-state index in [-0.39, 0.29) is 6.10 Å². The Morgan fingerprint density at radius 3 is 2.70 bits per heavy atom. The Balaban J connectivity index is 2.35. The van der Waals surface area contributed by atoms with Crippen LogP contribution in [0.4, 0.5) is 5.69 Å². The van der Waals surface area contributed by atoms with Gasteiger partial charge in [0.2, 0.25) is 0 Å². The number of para-hydroxylation sites is 1. The molecular weight excluding hydrogens is 254 g/mol. The number of ether oxygens (including phenoxy) is 2. The molecule has 114 valence electrons. The van der Waals surface area contributed by atoms with Crippen LogP contribution >= 0.6 is 0 Å². The minimum Gasteiger partial charge on any atom is -0.389 e. The number of nitrogens with one attached hydrogen (secondary N) is 1. The number of aliphatic hydroxyl groups excluding tert-OH is 1. The fourth-order valence-corrected chi connectivity index (χ4v) is 2.02. The number of aryl methyl sites for hydroxylation is 1. The Hall–Kier alpha value is -1.10. The Morgan fingerprint density at radius 1 is 1.25 bits per heavy atom. The molecule has 0 spiro atoms. The van der Waals surface area contributed by atoms with Gasteiger partial charge in [-0.2, -0.15) is 0 Å². The summed E-state index contributed by atoms with van der Waals surface area (Å²) in [5.74, 6) is 0. The third kappa shape index (κ3) is 6.37. The van der Waals surface area contributed by atoms with Crippen LogP contribution in [0.3, 0.4) is 0 Å². The van der Waals surface area contributed by atoms with E-state index >= 15 is 0 Å². The van der Waals surface area contributed by atoms with Crippen molar-refractivity contribution < 1.29 is 14.6 Å². The van der Waals surface area contributed by atoms with E-state index in [9.17, 15) is 5.11 Å². The van der Waals surface area contributed by atoms with Gasteiger partial charge in [0, 0.05) is 19.3 Å². The van der Waals surface area contributed by atoms with Crippen LogP contribution < -0.4 is 5.32 Å². The molecular formula is C16H27NO3. The zero-order valence-corrected chi connectivity index (χ0v) is 12.8. The molecule has 0 fully saturated rings. The number of aliphatic hydroxyl groups is 1. The predicted molar refractivity (Wildman–Crippen MR) is 82.2 cm³/mol. The largest absolute Gasteiger partial charge is 0.389 e. The van der Waals surface area contributed by atoms with Crippen LogP contribution in [0.1, 0.15) is 25.8 Å². The second kappa shape index (κ2) is 9.75. The summed E-state index contributed by atoms with van der Waals surface area (Å²) >= 11 is 0. The molecule has 0 bridgehead atoms. The van der Waals surface area contributed by atoms with Gasteiger partial charge in [0.15, 0.2) is 0 Å². The minimum absolute atomic E-state index is 0.00188. The van der Waals surface area contributed by atoms with Crippen LogP contribution in [-0.2, 0) is 15.9 Å². The summed E-state index contributed by atoms with van der Waals surface area (Å²) in [7, 11) is 1.64. The summed E-state index contributed by atoms with van der Waals surface area (Å²) in [6.07, 6.45) is 1.63. The predicted octanol–water partition coefficient (Wildman–Crippen LogP) is 2.46. The van der Waals surface area contributed by atoms with Crippen LogP contribution in [0.2, 0.25) is 0 Å². The van der Waals surface area contributed by atoms with Gasteiger partial charge < -0.3 is 19.9 Å². The van der Waals surface area contributed by atoms with Gasteiger partial charge >= 0.3 is 0 Å². The summed E-state index contributed by atoms with van der Waals surface area (Å²) in [6, 6.07) is 8.22. The number of benzene rings is 1. The number of hydrogen-bond acceptors (Lipinski definition) is 4. The summed E-state index contributed by atoms with van der Waals surface area (Å²) in [4.78, 5) is 0. The van der Waals surface area contributed by atoms with Crippen molar-refractivity contribution in [2.45, 2.75) is 38.9 Å². The summed E-state index contributed by atoms with van der Waals surface area (Å²) < 4.78 is 10.5. The first-order valence-corrected chi connectivity index (χ1v) is 7.27. The fourth-order valence-electron chi connectivity index (χ4n) is 2.02. The van der Waals surface area contributed by atoms with Crippen LogP contribution in [0.5, 0.6) is 0 Å². The molecule has 0 aliphatic carbocycles. The number of rotatable bonds is 10. The lowest BCUT2D eigenvalue weighted by molar-refractivity contribution is -0.0282. The van der Waals surface area contributed by atoms with Gasteiger partial charge in [-0.15, -0.1) is 0 Å². The monoisotopic (exact) mass is 281 g/mol. The Bertz CT molecular complexity index is 370. The highest BCUT2D eigenvalue weighted by atomic mass is 16.5. The molecule has 0 saturated carbocycles. The second-order valence-electron chi connectivity index (χ2n) is 5.04. The fraction of sp³-hybridized carbons (Fsp3) is 0.625. The maximum Gasteiger partial charge on any atom is 0.0945 e. The quantitative estimate of drug-likeness (QED) is 0.692. The molecule has 20 heavy (non-hydrogen) atoms. The van der Waals surface area contributed by atoms with E-state index in [2.05, 4.69) is 18.3 Å². The molecule has 1 aromatic rings. The van der Waals surface area contributed by atoms with Gasteiger partial charge in [-0.1, -0.05) is 31.5 Å². The third-order valence-electron chi connectivity index (χ3n) is 3.04. The Kier molecular flexibility index (Phi) is 8.26. The molecule has 4 nitrogen and oxygen atoms in total. The molecule has 4 heteroatoms. The van der Waals surface area contributed by atoms with E-state index in [1.165, 1.54) is 5.56 Å². The van der Waals surface area contributed by atoms with Crippen molar-refractivity contribution in [2.24, 2.45) is 0 Å². The lowest BCUT2D eigenvalue weighted by Crippen LogP contribution is -2.28. The first-order valence-electron chi connectivity index (χ1n) is 7.27. The molecule has 0 amide bonds. The molecule has 2 atom stereocenters. The summed E-state index contributed by atoms with van der Waals surface area (Å²) in [6.45, 7) is 5.43. The molecule has 0 aliphatic rings. The molecule has 0 aliphatic heterocycles. The lowest BCUT2D eigenvalue weighted by atomic mass is 10.1. The Labute approximate surface area is 122 Å². The van der Waals surface area contributed by atoms with E-state index < -0.39 is 6.10 Å². The van der Waals surface area contributed by atoms with Gasteiger partial charge in [-0.05, 0) is 25.0 Å². The molecule has 1 aromatic carbocycles. The molecule has 1 rings (SSSR count). The van der Waals surface area contributed by atoms with Gasteiger partial charge in [0.05, 0.1) is 25.4 Å². The van der Waals surface area contributed by atoms with Crippen molar-refractivity contribution >= 4 is 5.69 Å². The second-order valence-corrected chi connectivity index (χ2v) is 5.04. The zero-order valence-electron chi connectivity index (χ0n) is 12.8. The van der Waals surface area contributed by atoms with Crippen LogP contribution in [0, 0.1) is 0 Å². The van der Waals surface area contributed by atoms with Crippen molar-refractivity contribution in [3.8, 4) is 0 Å². The van der Waals surface area contributed by atoms with Gasteiger partial charge in [-0.25, -0.2) is 0 Å². The van der Waals surface area contributed by atoms with E-state index in [0.717, 1.165) is 18.5 Å². The van der Waals surface area contributed by atoms with Gasteiger partial charge in [0.1, 0.15) is 0 Å². The van der Waals surface area contributed by atoms with Crippen molar-refractivity contribution in [3.05, 3.63) is 29.8 Å². The van der Waals surface area contributed by atoms with E-state index in [4.69, 9.17) is 9.47 Å². The first-order chi connectivity index (χ1) is 9.67. The lowest BCUT2D eigenvalue weighted by Gasteiger charge is -2.18. The Morgan fingerprint density at radius 2 is 2.00 bits per heavy atom. The molecule has 0 saturated heterocycles. The van der Waals surface area contributed by atoms with E-state index in [1.807, 2.05) is 25.1 Å². The highest BCUT2D eigenvalue weighted by Gasteiger charge is 2.09. The minimum atomic E-state index is -0.524. The van der Waals surface area contributed by atoms with Crippen LogP contribution in [-0.4, -0.2) is 44.2 Å². The zero-order chi connectivity index (χ0) is 14.8. The van der Waals surface area contributed by atoms with Gasteiger partial charge in [0.25, 0.3) is 0 Å². The van der Waals surface area contributed by atoms with Crippen molar-refractivity contribution in [2.75, 3.05) is 32.2 Å². The maximum absolute atomic E-state index is 9.92. The van der Waals surface area contributed by atoms with Crippen LogP contribution in [0.15, 0.2) is 24.3 Å². The van der Waals surface area contributed by atoms with Crippen molar-refractivity contribution in [1.29, 1.82) is 0 Å². The summed E-state index contributed by atoms with van der Waals surface area (Å²) in [5.41, 5.74) is 2.38. The van der Waals surface area contributed by atoms with Crippen molar-refractivity contribution in [1.82, 2.24) is 0 Å². The highest BCUT2D eigenvalue weighted by molar-refractivity contribution is 5.51. The highest BCUT2D eigenvalue weighted by Crippen LogP contribution is 2.16. The molecule has 2 N–H and O–H groups in total. The molecule has 0 radical (unpaired) electrons. The number of hydrogen-bond donors (Lipinski definition) is 2. The summed E-state index contributed by atoms with van der Waals surface area (Å²) in [5, 5.41) is 13.2.